The van der Waals surface area contributed by atoms with E-state index in [1.54, 1.807) is 48.0 Å². The monoisotopic (exact) mass is 506 g/mol. The number of hydrogen-bond acceptors (Lipinski definition) is 7. The number of pyridine rings is 1. The van der Waals surface area contributed by atoms with Gasteiger partial charge in [0.05, 0.1) is 17.7 Å². The Kier molecular flexibility index (Phi) is 6.72. The van der Waals surface area contributed by atoms with Crippen LogP contribution in [0.3, 0.4) is 0 Å². The summed E-state index contributed by atoms with van der Waals surface area (Å²) in [5, 5.41) is 19.6. The molecule has 1 atom stereocenters. The zero-order chi connectivity index (χ0) is 26.1. The molecule has 0 saturated carbocycles. The Labute approximate surface area is 202 Å². The second kappa shape index (κ2) is 9.61. The highest BCUT2D eigenvalue weighted by atomic mass is 19.4. The number of anilines is 1. The molecule has 1 unspecified atom stereocenters. The number of esters is 1. The van der Waals surface area contributed by atoms with E-state index in [1.165, 1.54) is 12.1 Å². The summed E-state index contributed by atoms with van der Waals surface area (Å²) in [4.78, 5) is 12.6. The number of ether oxygens (including phenoxy) is 1. The molecule has 1 aromatic carbocycles. The molecule has 3 aromatic heterocycles. The third kappa shape index (κ3) is 4.63. The quantitative estimate of drug-likeness (QED) is 0.254. The molecule has 0 aliphatic heterocycles. The van der Waals surface area contributed by atoms with Crippen LogP contribution in [0.4, 0.5) is 23.6 Å². The van der Waals surface area contributed by atoms with Crippen LogP contribution in [0, 0.1) is 5.82 Å². The Bertz CT molecular complexity index is 1380. The van der Waals surface area contributed by atoms with Gasteiger partial charge < -0.3 is 24.0 Å². The van der Waals surface area contributed by atoms with Crippen LogP contribution in [-0.4, -0.2) is 38.5 Å². The van der Waals surface area contributed by atoms with Crippen molar-refractivity contribution in [1.82, 2.24) is 14.6 Å². The van der Waals surface area contributed by atoms with Crippen LogP contribution in [0.5, 0.6) is 0 Å². The highest BCUT2D eigenvalue weighted by molar-refractivity contribution is 6.02. The molecule has 4 rings (SSSR count). The second-order valence-corrected chi connectivity index (χ2v) is 7.95. The second-order valence-electron chi connectivity index (χ2n) is 7.95. The molecule has 4 aromatic rings. The first kappa shape index (κ1) is 25.2. The molecule has 0 aliphatic carbocycles. The Morgan fingerprint density at radius 1 is 1.11 bits per heavy atom. The summed E-state index contributed by atoms with van der Waals surface area (Å²) >= 11 is 0. The van der Waals surface area contributed by atoms with Crippen molar-refractivity contribution in [2.24, 2.45) is 0 Å². The highest BCUT2D eigenvalue weighted by Crippen LogP contribution is 2.41. The summed E-state index contributed by atoms with van der Waals surface area (Å²) in [6.45, 7) is 3.11. The van der Waals surface area contributed by atoms with Crippen LogP contribution >= 0.6 is 0 Å². The number of benzene rings is 1. The number of aromatic nitrogens is 3. The number of rotatable bonds is 8. The third-order valence-electron chi connectivity index (χ3n) is 5.66. The molecule has 0 amide bonds. The van der Waals surface area contributed by atoms with Crippen molar-refractivity contribution in [2.75, 3.05) is 11.9 Å². The molecule has 36 heavy (non-hydrogen) atoms. The molecule has 3 heterocycles. The third-order valence-corrected chi connectivity index (χ3v) is 5.66. The lowest BCUT2D eigenvalue weighted by atomic mass is 10.0. The maximum atomic E-state index is 13.5. The van der Waals surface area contributed by atoms with Gasteiger partial charge in [-0.2, -0.15) is 13.2 Å². The molecule has 190 valence electrons. The van der Waals surface area contributed by atoms with E-state index in [4.69, 9.17) is 9.15 Å². The van der Waals surface area contributed by atoms with Gasteiger partial charge in [-0.05, 0) is 42.7 Å². The lowest BCUT2D eigenvalue weighted by molar-refractivity contribution is -0.275. The van der Waals surface area contributed by atoms with Crippen molar-refractivity contribution in [1.29, 1.82) is 0 Å². The maximum Gasteiger partial charge on any atom is 0.426 e. The number of alkyl halides is 3. The van der Waals surface area contributed by atoms with Crippen molar-refractivity contribution in [3.63, 3.8) is 0 Å². The van der Waals surface area contributed by atoms with Gasteiger partial charge in [-0.3, -0.25) is 0 Å². The number of aliphatic hydroxyl groups is 1. The van der Waals surface area contributed by atoms with Crippen LogP contribution < -0.4 is 5.32 Å². The summed E-state index contributed by atoms with van der Waals surface area (Å²) in [5.41, 5.74) is -0.433. The van der Waals surface area contributed by atoms with Gasteiger partial charge in [-0.15, -0.1) is 5.10 Å². The number of halogens is 4. The Morgan fingerprint density at radius 2 is 1.83 bits per heavy atom. The van der Waals surface area contributed by atoms with E-state index in [0.29, 0.717) is 27.8 Å². The average molecular weight is 506 g/mol. The smallest absolute Gasteiger partial charge is 0.426 e. The topological polar surface area (TPSA) is 102 Å². The number of nitrogens with one attached hydrogen (secondary N) is 1. The average Bonchev–Trinajstić information content (AvgIpc) is 3.47. The van der Waals surface area contributed by atoms with Crippen molar-refractivity contribution < 1.29 is 36.6 Å². The van der Waals surface area contributed by atoms with Gasteiger partial charge in [-0.1, -0.05) is 30.2 Å². The molecule has 0 aliphatic rings. The number of hydrogen-bond donors (Lipinski definition) is 2. The van der Waals surface area contributed by atoms with E-state index in [2.05, 4.69) is 15.5 Å². The van der Waals surface area contributed by atoms with E-state index in [1.807, 2.05) is 0 Å². The molecular weight excluding hydrogens is 484 g/mol. The fourth-order valence-electron chi connectivity index (χ4n) is 3.72. The van der Waals surface area contributed by atoms with Crippen LogP contribution in [-0.2, 0) is 16.9 Å². The minimum atomic E-state index is -4.98. The molecule has 0 radical (unpaired) electrons. The molecule has 2 N–H and O–H groups in total. The molecule has 8 nitrogen and oxygen atoms in total. The standard InChI is InChI=1S/C24H22F4N4O4/c1-3-23(34,24(26,27)28)21-30-31-22(36-21)29-11-14-5-10-18-19(15-6-8-16(25)9-7-15)17(13-32(18)12-14)20(33)35-4-2/h5-10,12-13,34H,3-4,11H2,1-2H3,(H,29,31). The summed E-state index contributed by atoms with van der Waals surface area (Å²) in [6, 6.07) is 8.90. The summed E-state index contributed by atoms with van der Waals surface area (Å²) in [5.74, 6) is -1.90. The van der Waals surface area contributed by atoms with Crippen LogP contribution in [0.1, 0.15) is 42.1 Å². The highest BCUT2D eigenvalue weighted by Gasteiger charge is 2.57. The zero-order valence-corrected chi connectivity index (χ0v) is 19.3. The predicted octanol–water partition coefficient (Wildman–Crippen LogP) is 5.08. The van der Waals surface area contributed by atoms with Gasteiger partial charge in [0.15, 0.2) is 0 Å². The SMILES string of the molecule is CCOC(=O)c1cn2cc(CNc3nnc(C(O)(CC)C(F)(F)F)o3)ccc2c1-c1ccc(F)cc1. The van der Waals surface area contributed by atoms with Gasteiger partial charge in [0.2, 0.25) is 5.60 Å². The van der Waals surface area contributed by atoms with Gasteiger partial charge in [0.25, 0.3) is 5.89 Å². The van der Waals surface area contributed by atoms with Crippen molar-refractivity contribution in [3.05, 3.63) is 71.6 Å². The minimum absolute atomic E-state index is 0.0902. The molecule has 0 spiro atoms. The fourth-order valence-corrected chi connectivity index (χ4v) is 3.72. The van der Waals surface area contributed by atoms with Crippen molar-refractivity contribution in [3.8, 4) is 11.1 Å². The molecule has 0 bridgehead atoms. The molecule has 12 heteroatoms. The first-order valence-corrected chi connectivity index (χ1v) is 11.0. The van der Waals surface area contributed by atoms with Crippen LogP contribution in [0.15, 0.2) is 53.2 Å². The molecular formula is C24H22F4N4O4. The normalized spacial score (nSPS) is 13.5. The maximum absolute atomic E-state index is 13.5. The van der Waals surface area contributed by atoms with E-state index < -0.39 is 35.9 Å². The van der Waals surface area contributed by atoms with E-state index in [9.17, 15) is 27.5 Å². The lowest BCUT2D eigenvalue weighted by Gasteiger charge is -2.25. The Balaban J connectivity index is 1.62. The number of fused-ring (bicyclic) bond motifs is 1. The number of nitrogens with zero attached hydrogens (tertiary/aromatic N) is 3. The zero-order valence-electron chi connectivity index (χ0n) is 19.3. The first-order chi connectivity index (χ1) is 17.1. The summed E-state index contributed by atoms with van der Waals surface area (Å²) in [6.07, 6.45) is -2.38. The van der Waals surface area contributed by atoms with Crippen LogP contribution in [0.25, 0.3) is 16.6 Å². The number of carbonyl (C=O) groups is 1. The van der Waals surface area contributed by atoms with Gasteiger partial charge in [0.1, 0.15) is 5.82 Å². The fraction of sp³-hybridized carbons (Fsp3) is 0.292. The van der Waals surface area contributed by atoms with Crippen LogP contribution in [0.2, 0.25) is 0 Å². The van der Waals surface area contributed by atoms with E-state index in [-0.39, 0.29) is 19.2 Å². The minimum Gasteiger partial charge on any atom is -0.462 e. The number of carbonyl (C=O) groups excluding carboxylic acids is 1. The summed E-state index contributed by atoms with van der Waals surface area (Å²) in [7, 11) is 0. The van der Waals surface area contributed by atoms with Gasteiger partial charge in [0, 0.05) is 24.5 Å². The van der Waals surface area contributed by atoms with E-state index in [0.717, 1.165) is 6.92 Å². The lowest BCUT2D eigenvalue weighted by Crippen LogP contribution is -2.42. The van der Waals surface area contributed by atoms with Gasteiger partial charge >= 0.3 is 18.2 Å². The molecule has 0 fully saturated rings. The Hall–Kier alpha value is -3.93. The van der Waals surface area contributed by atoms with E-state index >= 15 is 0 Å². The Morgan fingerprint density at radius 3 is 2.47 bits per heavy atom. The van der Waals surface area contributed by atoms with Crippen molar-refractivity contribution in [2.45, 2.75) is 38.6 Å². The summed E-state index contributed by atoms with van der Waals surface area (Å²) < 4.78 is 65.0. The largest absolute Gasteiger partial charge is 0.462 e. The molecule has 0 saturated heterocycles. The van der Waals surface area contributed by atoms with Crippen molar-refractivity contribution >= 4 is 17.5 Å². The van der Waals surface area contributed by atoms with Gasteiger partial charge in [-0.25, -0.2) is 9.18 Å². The predicted molar refractivity (Wildman–Crippen MR) is 121 cm³/mol. The first-order valence-electron chi connectivity index (χ1n) is 11.0.